The fourth-order valence-electron chi connectivity index (χ4n) is 3.35. The van der Waals surface area contributed by atoms with Crippen LogP contribution in [0.2, 0.25) is 0 Å². The van der Waals surface area contributed by atoms with Gasteiger partial charge in [0, 0.05) is 18.7 Å². The van der Waals surface area contributed by atoms with E-state index in [4.69, 9.17) is 4.74 Å². The van der Waals surface area contributed by atoms with Crippen LogP contribution in [0.1, 0.15) is 45.2 Å². The Balaban J connectivity index is 1.56. The molecule has 30 heavy (non-hydrogen) atoms. The minimum atomic E-state index is -0.426. The molecule has 3 rings (SSSR count). The predicted octanol–water partition coefficient (Wildman–Crippen LogP) is 3.89. The predicted molar refractivity (Wildman–Crippen MR) is 119 cm³/mol. The fourth-order valence-corrected chi connectivity index (χ4v) is 3.35. The van der Waals surface area contributed by atoms with Crippen molar-refractivity contribution in [3.8, 4) is 5.75 Å². The molecule has 2 amide bonds. The van der Waals surface area contributed by atoms with Crippen LogP contribution in [-0.4, -0.2) is 31.2 Å². The number of hydrazone groups is 1. The summed E-state index contributed by atoms with van der Waals surface area (Å²) < 4.78 is 5.43. The van der Waals surface area contributed by atoms with Crippen molar-refractivity contribution in [3.05, 3.63) is 59.7 Å². The highest BCUT2D eigenvalue weighted by molar-refractivity contribution is 6.00. The average molecular weight is 408 g/mol. The van der Waals surface area contributed by atoms with Crippen LogP contribution >= 0.6 is 0 Å². The van der Waals surface area contributed by atoms with Gasteiger partial charge in [0.1, 0.15) is 5.75 Å². The van der Waals surface area contributed by atoms with Gasteiger partial charge in [-0.1, -0.05) is 45.0 Å². The van der Waals surface area contributed by atoms with Crippen LogP contribution in [0.15, 0.2) is 53.6 Å². The van der Waals surface area contributed by atoms with Gasteiger partial charge in [0.25, 0.3) is 0 Å². The Morgan fingerprint density at radius 1 is 1.17 bits per heavy atom. The van der Waals surface area contributed by atoms with Gasteiger partial charge in [0.15, 0.2) is 0 Å². The quantitative estimate of drug-likeness (QED) is 0.583. The van der Waals surface area contributed by atoms with E-state index in [1.54, 1.807) is 11.1 Å². The first-order valence-corrected chi connectivity index (χ1v) is 10.2. The standard InChI is InChI=1S/C24H29N3O3/c1-5-30-21-12-10-20(11-13-21)27-16-18(14-22(27)28)23(29)26-25-15-17-6-8-19(9-7-17)24(2,3)4/h6-13,15,18H,5,14,16H2,1-4H3,(H,26,29)/b25-15-/t18-/m0/s1. The Morgan fingerprint density at radius 3 is 2.43 bits per heavy atom. The van der Waals surface area contributed by atoms with E-state index in [1.165, 1.54) is 5.56 Å². The lowest BCUT2D eigenvalue weighted by Crippen LogP contribution is -2.30. The first-order chi connectivity index (χ1) is 14.3. The molecule has 158 valence electrons. The van der Waals surface area contributed by atoms with Crippen LogP contribution in [0.5, 0.6) is 5.75 Å². The van der Waals surface area contributed by atoms with Gasteiger partial charge in [0.05, 0.1) is 18.7 Å². The molecule has 1 fully saturated rings. The summed E-state index contributed by atoms with van der Waals surface area (Å²) in [4.78, 5) is 26.5. The summed E-state index contributed by atoms with van der Waals surface area (Å²) in [6, 6.07) is 15.4. The van der Waals surface area contributed by atoms with Crippen LogP contribution in [0.25, 0.3) is 0 Å². The molecule has 0 aromatic heterocycles. The lowest BCUT2D eigenvalue weighted by molar-refractivity contribution is -0.126. The van der Waals surface area contributed by atoms with Crippen LogP contribution in [-0.2, 0) is 15.0 Å². The zero-order valence-corrected chi connectivity index (χ0v) is 18.0. The summed E-state index contributed by atoms with van der Waals surface area (Å²) >= 11 is 0. The van der Waals surface area contributed by atoms with E-state index in [1.807, 2.05) is 43.3 Å². The number of amides is 2. The highest BCUT2D eigenvalue weighted by Crippen LogP contribution is 2.27. The molecule has 2 aromatic carbocycles. The van der Waals surface area contributed by atoms with Gasteiger partial charge in [-0.25, -0.2) is 5.43 Å². The van der Waals surface area contributed by atoms with E-state index >= 15 is 0 Å². The largest absolute Gasteiger partial charge is 0.494 e. The molecule has 2 aromatic rings. The molecule has 0 radical (unpaired) electrons. The number of hydrogen-bond acceptors (Lipinski definition) is 4. The van der Waals surface area contributed by atoms with Crippen molar-refractivity contribution in [2.45, 2.75) is 39.5 Å². The zero-order chi connectivity index (χ0) is 21.7. The van der Waals surface area contributed by atoms with Crippen molar-refractivity contribution in [2.75, 3.05) is 18.1 Å². The van der Waals surface area contributed by atoms with Crippen molar-refractivity contribution < 1.29 is 14.3 Å². The molecule has 0 aliphatic carbocycles. The lowest BCUT2D eigenvalue weighted by atomic mass is 9.87. The molecule has 6 heteroatoms. The maximum absolute atomic E-state index is 12.5. The maximum atomic E-state index is 12.5. The molecule has 1 saturated heterocycles. The summed E-state index contributed by atoms with van der Waals surface area (Å²) in [6.45, 7) is 9.34. The molecule has 0 bridgehead atoms. The third-order valence-electron chi connectivity index (χ3n) is 5.12. The van der Waals surface area contributed by atoms with Crippen molar-refractivity contribution >= 4 is 23.7 Å². The third-order valence-corrected chi connectivity index (χ3v) is 5.12. The lowest BCUT2D eigenvalue weighted by Gasteiger charge is -2.18. The Bertz CT molecular complexity index is 912. The third kappa shape index (κ3) is 5.26. The molecule has 0 saturated carbocycles. The topological polar surface area (TPSA) is 71.0 Å². The Morgan fingerprint density at radius 2 is 1.83 bits per heavy atom. The second-order valence-electron chi connectivity index (χ2n) is 8.44. The Kier molecular flexibility index (Phi) is 6.55. The number of nitrogens with one attached hydrogen (secondary N) is 1. The first-order valence-electron chi connectivity index (χ1n) is 10.2. The molecule has 1 N–H and O–H groups in total. The van der Waals surface area contributed by atoms with E-state index in [0.717, 1.165) is 17.0 Å². The summed E-state index contributed by atoms with van der Waals surface area (Å²) in [5, 5.41) is 4.06. The zero-order valence-electron chi connectivity index (χ0n) is 18.0. The van der Waals surface area contributed by atoms with E-state index in [0.29, 0.717) is 13.2 Å². The highest BCUT2D eigenvalue weighted by Gasteiger charge is 2.35. The molecule has 0 unspecified atom stereocenters. The van der Waals surface area contributed by atoms with Crippen molar-refractivity contribution in [3.63, 3.8) is 0 Å². The van der Waals surface area contributed by atoms with E-state index < -0.39 is 5.92 Å². The van der Waals surface area contributed by atoms with Crippen LogP contribution in [0.4, 0.5) is 5.69 Å². The number of rotatable bonds is 6. The van der Waals surface area contributed by atoms with Gasteiger partial charge in [-0.05, 0) is 47.7 Å². The number of nitrogens with zero attached hydrogens (tertiary/aromatic N) is 2. The van der Waals surface area contributed by atoms with Crippen molar-refractivity contribution in [1.29, 1.82) is 0 Å². The van der Waals surface area contributed by atoms with Gasteiger partial charge >= 0.3 is 0 Å². The van der Waals surface area contributed by atoms with E-state index in [9.17, 15) is 9.59 Å². The number of benzene rings is 2. The fraction of sp³-hybridized carbons (Fsp3) is 0.375. The van der Waals surface area contributed by atoms with E-state index in [2.05, 4.69) is 43.4 Å². The summed E-state index contributed by atoms with van der Waals surface area (Å²) in [5.41, 5.74) is 5.57. The van der Waals surface area contributed by atoms with Gasteiger partial charge in [-0.2, -0.15) is 5.10 Å². The molecule has 1 atom stereocenters. The molecular formula is C24H29N3O3. The second-order valence-corrected chi connectivity index (χ2v) is 8.44. The van der Waals surface area contributed by atoms with Crippen molar-refractivity contribution in [2.24, 2.45) is 11.0 Å². The van der Waals surface area contributed by atoms with E-state index in [-0.39, 0.29) is 23.7 Å². The molecular weight excluding hydrogens is 378 g/mol. The second kappa shape index (κ2) is 9.11. The first kappa shape index (κ1) is 21.6. The van der Waals surface area contributed by atoms with Gasteiger partial charge in [-0.15, -0.1) is 0 Å². The summed E-state index contributed by atoms with van der Waals surface area (Å²) in [6.07, 6.45) is 1.79. The van der Waals surface area contributed by atoms with Crippen LogP contribution < -0.4 is 15.1 Å². The van der Waals surface area contributed by atoms with Gasteiger partial charge < -0.3 is 9.64 Å². The smallest absolute Gasteiger partial charge is 0.245 e. The average Bonchev–Trinajstić information content (AvgIpc) is 3.10. The number of ether oxygens (including phenoxy) is 1. The highest BCUT2D eigenvalue weighted by atomic mass is 16.5. The molecule has 1 aliphatic rings. The molecule has 1 aliphatic heterocycles. The molecule has 0 spiro atoms. The summed E-state index contributed by atoms with van der Waals surface area (Å²) in [7, 11) is 0. The number of carbonyl (C=O) groups is 2. The van der Waals surface area contributed by atoms with Crippen LogP contribution in [0.3, 0.4) is 0 Å². The molecule has 1 heterocycles. The Labute approximate surface area is 177 Å². The monoisotopic (exact) mass is 407 g/mol. The van der Waals surface area contributed by atoms with Crippen molar-refractivity contribution in [1.82, 2.24) is 5.43 Å². The number of hydrogen-bond donors (Lipinski definition) is 1. The van der Waals surface area contributed by atoms with Gasteiger partial charge in [0.2, 0.25) is 11.8 Å². The SMILES string of the molecule is CCOc1ccc(N2C[C@@H](C(=O)N/N=C\c3ccc(C(C)(C)C)cc3)CC2=O)cc1. The van der Waals surface area contributed by atoms with Gasteiger partial charge in [-0.3, -0.25) is 9.59 Å². The number of anilines is 1. The van der Waals surface area contributed by atoms with Crippen LogP contribution in [0, 0.1) is 5.92 Å². The number of carbonyl (C=O) groups excluding carboxylic acids is 2. The molecule has 6 nitrogen and oxygen atoms in total. The normalized spacial score (nSPS) is 16.9. The maximum Gasteiger partial charge on any atom is 0.245 e. The summed E-state index contributed by atoms with van der Waals surface area (Å²) in [5.74, 6) is 0.0111. The minimum Gasteiger partial charge on any atom is -0.494 e. The Hall–Kier alpha value is -3.15. The minimum absolute atomic E-state index is 0.0685.